The summed E-state index contributed by atoms with van der Waals surface area (Å²) in [5.74, 6) is 0. The van der Waals surface area contributed by atoms with Gasteiger partial charge in [-0.15, -0.1) is 0 Å². The van der Waals surface area contributed by atoms with Crippen LogP contribution in [0.3, 0.4) is 0 Å². The molecule has 1 saturated heterocycles. The number of H-pyrrole nitrogens is 1. The average molecular weight is 643 g/mol. The first-order valence-corrected chi connectivity index (χ1v) is 16.7. The number of aromatic nitrogens is 2. The molecule has 0 spiro atoms. The van der Waals surface area contributed by atoms with Crippen molar-refractivity contribution in [3.8, 4) is 0 Å². The standard InChI is InChI=1S/C15H29N3O17P4/c1-10-8-18(15(21)17-14(10)20)13-7-11(19)12(32-13)9-31-37(24,25)34-39(28,29)35-38(26,27)33-36(22,23)30-6-4-2-3-5-16/h8,11-13,19H,2-7,9,16H2,1H3,(H,22,23)(H,24,25)(H,26,27)(H,28,29)(H,17,20,21)/p-4/t11?,12-,13-/m1/s1. The topological polar surface area (TPSA) is 317 Å². The lowest BCUT2D eigenvalue weighted by Gasteiger charge is -2.36. The highest BCUT2D eigenvalue weighted by atomic mass is 31.3. The van der Waals surface area contributed by atoms with Crippen LogP contribution in [0.4, 0.5) is 0 Å². The number of aliphatic hydroxyl groups excluding tert-OH is 1. The van der Waals surface area contributed by atoms with Gasteiger partial charge in [-0.1, -0.05) is 0 Å². The molecule has 7 atom stereocenters. The molecule has 2 rings (SSSR count). The van der Waals surface area contributed by atoms with E-state index in [2.05, 4.69) is 22.0 Å². The zero-order chi connectivity index (χ0) is 29.6. The molecule has 1 aromatic heterocycles. The number of rotatable bonds is 16. The van der Waals surface area contributed by atoms with Crippen LogP contribution >= 0.6 is 31.3 Å². The second kappa shape index (κ2) is 13.9. The van der Waals surface area contributed by atoms with Gasteiger partial charge < -0.3 is 44.2 Å². The van der Waals surface area contributed by atoms with Crippen LogP contribution in [-0.2, 0) is 45.0 Å². The van der Waals surface area contributed by atoms with E-state index in [1.165, 1.54) is 6.92 Å². The van der Waals surface area contributed by atoms with Gasteiger partial charge in [-0.25, -0.2) is 17.7 Å². The average Bonchev–Trinajstić information content (AvgIpc) is 3.12. The maximum atomic E-state index is 12.0. The first-order chi connectivity index (χ1) is 17.9. The van der Waals surface area contributed by atoms with E-state index in [1.54, 1.807) is 0 Å². The van der Waals surface area contributed by atoms with Crippen LogP contribution in [0.25, 0.3) is 0 Å². The van der Waals surface area contributed by atoms with E-state index in [0.29, 0.717) is 19.4 Å². The van der Waals surface area contributed by atoms with E-state index in [1.807, 2.05) is 4.98 Å². The van der Waals surface area contributed by atoms with E-state index < -0.39 is 74.2 Å². The molecular formula is C15H25N3O17P4-4. The zero-order valence-corrected chi connectivity index (χ0v) is 23.6. The molecular weight excluding hydrogens is 618 g/mol. The Morgan fingerprint density at radius 2 is 1.56 bits per heavy atom. The number of unbranched alkanes of at least 4 members (excludes halogenated alkanes) is 2. The molecule has 226 valence electrons. The summed E-state index contributed by atoms with van der Waals surface area (Å²) in [7, 11) is -24.3. The first kappa shape index (κ1) is 34.3. The zero-order valence-electron chi connectivity index (χ0n) is 20.1. The molecule has 0 saturated carbocycles. The third kappa shape index (κ3) is 11.5. The van der Waals surface area contributed by atoms with Gasteiger partial charge in [-0.3, -0.25) is 32.6 Å². The largest absolute Gasteiger partial charge is 0.756 e. The highest BCUT2D eigenvalue weighted by molar-refractivity contribution is 7.68. The molecule has 24 heteroatoms. The number of hydrogen-bond acceptors (Lipinski definition) is 18. The Labute approximate surface area is 220 Å². The third-order valence-corrected chi connectivity index (χ3v) is 10.5. The maximum absolute atomic E-state index is 12.0. The molecule has 1 fully saturated rings. The van der Waals surface area contributed by atoms with Gasteiger partial charge in [-0.2, -0.15) is 0 Å². The Kier molecular flexibility index (Phi) is 12.2. The molecule has 0 bridgehead atoms. The summed E-state index contributed by atoms with van der Waals surface area (Å²) in [5, 5.41) is 10.1. The van der Waals surface area contributed by atoms with Crippen LogP contribution in [-0.4, -0.2) is 46.6 Å². The number of nitrogens with two attached hydrogens (primary N) is 1. The molecule has 0 amide bonds. The first-order valence-electron chi connectivity index (χ1n) is 10.9. The number of nitrogens with one attached hydrogen (secondary N) is 1. The van der Waals surface area contributed by atoms with Crippen molar-refractivity contribution in [2.45, 2.75) is 51.0 Å². The van der Waals surface area contributed by atoms with Crippen molar-refractivity contribution < 1.29 is 69.7 Å². The molecule has 1 aliphatic heterocycles. The smallest absolute Gasteiger partial charge is 0.330 e. The number of aromatic amines is 1. The number of phosphoric acid groups is 4. The normalized spacial score (nSPS) is 25.9. The van der Waals surface area contributed by atoms with E-state index in [4.69, 9.17) is 10.5 Å². The monoisotopic (exact) mass is 643 g/mol. The summed E-state index contributed by atoms with van der Waals surface area (Å²) >= 11 is 0. The van der Waals surface area contributed by atoms with E-state index in [9.17, 15) is 52.5 Å². The Bertz CT molecular complexity index is 1300. The molecule has 0 aliphatic carbocycles. The Morgan fingerprint density at radius 3 is 2.15 bits per heavy atom. The molecule has 0 aromatic carbocycles. The fraction of sp³-hybridized carbons (Fsp3) is 0.733. The summed E-state index contributed by atoms with van der Waals surface area (Å²) in [4.78, 5) is 72.4. The Hall–Kier alpha value is -0.880. The van der Waals surface area contributed by atoms with Gasteiger partial charge in [-0.05, 0) is 32.7 Å². The minimum absolute atomic E-state index is 0.123. The molecule has 1 aliphatic rings. The van der Waals surface area contributed by atoms with Crippen LogP contribution in [0.15, 0.2) is 15.8 Å². The second-order valence-electron chi connectivity index (χ2n) is 7.92. The van der Waals surface area contributed by atoms with Gasteiger partial charge in [0, 0.05) is 18.2 Å². The fourth-order valence-electron chi connectivity index (χ4n) is 3.04. The van der Waals surface area contributed by atoms with Crippen molar-refractivity contribution in [3.63, 3.8) is 0 Å². The van der Waals surface area contributed by atoms with E-state index in [0.717, 1.165) is 10.8 Å². The molecule has 1 aromatic rings. The minimum atomic E-state index is -6.38. The van der Waals surface area contributed by atoms with Crippen LogP contribution in [0.5, 0.6) is 0 Å². The third-order valence-electron chi connectivity index (χ3n) is 4.76. The number of phosphoric ester groups is 2. The quantitative estimate of drug-likeness (QED) is 0.125. The van der Waals surface area contributed by atoms with Gasteiger partial charge in [0.15, 0.2) is 0 Å². The molecule has 39 heavy (non-hydrogen) atoms. The van der Waals surface area contributed by atoms with E-state index in [-0.39, 0.29) is 18.4 Å². The minimum Gasteiger partial charge on any atom is -0.756 e. The van der Waals surface area contributed by atoms with Crippen molar-refractivity contribution in [3.05, 3.63) is 32.6 Å². The van der Waals surface area contributed by atoms with Crippen LogP contribution in [0.1, 0.15) is 37.5 Å². The van der Waals surface area contributed by atoms with Crippen LogP contribution in [0.2, 0.25) is 0 Å². The molecule has 4 N–H and O–H groups in total. The maximum Gasteiger partial charge on any atom is 0.330 e. The molecule has 0 radical (unpaired) electrons. The van der Waals surface area contributed by atoms with Crippen LogP contribution in [0, 0.1) is 6.92 Å². The lowest BCUT2D eigenvalue weighted by molar-refractivity contribution is -0.254. The molecule has 2 heterocycles. The van der Waals surface area contributed by atoms with Gasteiger partial charge >= 0.3 is 5.69 Å². The summed E-state index contributed by atoms with van der Waals surface area (Å²) in [6.45, 7) is 0.0968. The van der Waals surface area contributed by atoms with Crippen LogP contribution < -0.4 is 36.6 Å². The predicted octanol–water partition coefficient (Wildman–Crippen LogP) is -2.42. The molecule has 5 unspecified atom stereocenters. The number of aliphatic hydroxyl groups is 1. The second-order valence-corrected chi connectivity index (χ2v) is 14.0. The van der Waals surface area contributed by atoms with Gasteiger partial charge in [0.1, 0.15) is 12.3 Å². The summed E-state index contributed by atoms with van der Waals surface area (Å²) in [6.07, 6.45) is -2.13. The lowest BCUT2D eigenvalue weighted by Crippen LogP contribution is -2.33. The highest BCUT2D eigenvalue weighted by Crippen LogP contribution is 2.66. The summed E-state index contributed by atoms with van der Waals surface area (Å²) < 4.78 is 72.2. The van der Waals surface area contributed by atoms with Crippen molar-refractivity contribution >= 4 is 31.3 Å². The Balaban J connectivity index is 1.93. The number of nitrogens with zero attached hydrogens (tertiary/aromatic N) is 1. The van der Waals surface area contributed by atoms with Crippen molar-refractivity contribution in [1.82, 2.24) is 9.55 Å². The highest BCUT2D eigenvalue weighted by Gasteiger charge is 2.37. The number of ether oxygens (including phenoxy) is 1. The Morgan fingerprint density at radius 1 is 1.00 bits per heavy atom. The fourth-order valence-corrected chi connectivity index (χ4v) is 7.82. The van der Waals surface area contributed by atoms with Crippen molar-refractivity contribution in [2.24, 2.45) is 5.73 Å². The van der Waals surface area contributed by atoms with Gasteiger partial charge in [0.05, 0.1) is 19.3 Å². The SMILES string of the molecule is Cc1cn([C@H]2CC(O)[C@@H](COP(=O)([O-])OP(=O)([O-])OP(=O)([O-])OP(=O)([O-])OCCCCCN)O2)c(=O)[nH]c1=O. The lowest BCUT2D eigenvalue weighted by atomic mass is 10.2. The van der Waals surface area contributed by atoms with Gasteiger partial charge in [0.2, 0.25) is 0 Å². The molecule has 20 nitrogen and oxygen atoms in total. The summed E-state index contributed by atoms with van der Waals surface area (Å²) in [5.41, 5.74) is 3.81. The van der Waals surface area contributed by atoms with Gasteiger partial charge in [0.25, 0.3) is 36.9 Å². The summed E-state index contributed by atoms with van der Waals surface area (Å²) in [6, 6.07) is 0. The number of aryl methyl sites for hydroxylation is 1. The number of hydrogen-bond donors (Lipinski definition) is 3. The predicted molar refractivity (Wildman–Crippen MR) is 119 cm³/mol. The van der Waals surface area contributed by atoms with E-state index >= 15 is 0 Å². The van der Waals surface area contributed by atoms with Crippen molar-refractivity contribution in [2.75, 3.05) is 19.8 Å². The van der Waals surface area contributed by atoms with Crippen molar-refractivity contribution in [1.29, 1.82) is 0 Å².